The molecule has 24 heavy (non-hydrogen) atoms. The molecule has 2 aliphatic rings. The molecule has 0 spiro atoms. The quantitative estimate of drug-likeness (QED) is 0.634. The van der Waals surface area contributed by atoms with Crippen LogP contribution >= 0.6 is 11.3 Å². The van der Waals surface area contributed by atoms with Gasteiger partial charge in [0.1, 0.15) is 0 Å². The predicted octanol–water partition coefficient (Wildman–Crippen LogP) is 3.03. The topological polar surface area (TPSA) is 52.6 Å². The first-order chi connectivity index (χ1) is 11.7. The van der Waals surface area contributed by atoms with Crippen LogP contribution in [0.1, 0.15) is 51.1 Å². The monoisotopic (exact) mass is 349 g/mol. The highest BCUT2D eigenvalue weighted by Gasteiger charge is 2.19. The summed E-state index contributed by atoms with van der Waals surface area (Å²) < 4.78 is 0. The first kappa shape index (κ1) is 17.5. The van der Waals surface area contributed by atoms with Crippen LogP contribution in [-0.4, -0.2) is 43.7 Å². The minimum atomic E-state index is 0.570. The molecule has 3 rings (SSSR count). The molecule has 1 aromatic rings. The smallest absolute Gasteiger partial charge is 0.191 e. The fraction of sp³-hybridized carbons (Fsp3) is 0.778. The van der Waals surface area contributed by atoms with E-state index in [0.29, 0.717) is 6.04 Å². The zero-order valence-corrected chi connectivity index (χ0v) is 15.9. The van der Waals surface area contributed by atoms with Crippen LogP contribution in [0.15, 0.2) is 10.4 Å². The minimum Gasteiger partial charge on any atom is -0.356 e. The van der Waals surface area contributed by atoms with E-state index in [1.807, 2.05) is 7.05 Å². The molecular formula is C18H31N5S. The summed E-state index contributed by atoms with van der Waals surface area (Å²) in [6.45, 7) is 5.57. The van der Waals surface area contributed by atoms with Crippen molar-refractivity contribution < 1.29 is 0 Å². The van der Waals surface area contributed by atoms with E-state index in [2.05, 4.69) is 32.8 Å². The first-order valence-electron chi connectivity index (χ1n) is 9.41. The molecule has 0 amide bonds. The summed E-state index contributed by atoms with van der Waals surface area (Å²) in [4.78, 5) is 11.6. The molecule has 6 heteroatoms. The van der Waals surface area contributed by atoms with E-state index in [1.165, 1.54) is 62.4 Å². The number of thiazole rings is 1. The van der Waals surface area contributed by atoms with Gasteiger partial charge in [-0.2, -0.15) is 0 Å². The van der Waals surface area contributed by atoms with Gasteiger partial charge in [-0.05, 0) is 31.6 Å². The zero-order valence-electron chi connectivity index (χ0n) is 15.1. The highest BCUT2D eigenvalue weighted by Crippen LogP contribution is 2.25. The van der Waals surface area contributed by atoms with E-state index >= 15 is 0 Å². The Morgan fingerprint density at radius 3 is 2.92 bits per heavy atom. The van der Waals surface area contributed by atoms with Crippen molar-refractivity contribution in [2.24, 2.45) is 10.9 Å². The SMILES string of the molecule is CN=C(NCCc1csc(N2CCCC2)n1)NC1CCCC(C)C1. The molecule has 2 fully saturated rings. The standard InChI is InChI=1S/C18H31N5S/c1-14-6-5-7-15(12-14)21-17(19-2)20-9-8-16-13-24-18(22-16)23-10-3-4-11-23/h13-15H,3-12H2,1-2H3,(H2,19,20,21). The lowest BCUT2D eigenvalue weighted by molar-refractivity contribution is 0.324. The van der Waals surface area contributed by atoms with Crippen LogP contribution in [-0.2, 0) is 6.42 Å². The molecule has 2 N–H and O–H groups in total. The average Bonchev–Trinajstić information content (AvgIpc) is 3.25. The maximum Gasteiger partial charge on any atom is 0.191 e. The Morgan fingerprint density at radius 2 is 2.17 bits per heavy atom. The highest BCUT2D eigenvalue weighted by molar-refractivity contribution is 7.13. The average molecular weight is 350 g/mol. The Morgan fingerprint density at radius 1 is 1.33 bits per heavy atom. The van der Waals surface area contributed by atoms with E-state index in [-0.39, 0.29) is 0 Å². The fourth-order valence-electron chi connectivity index (χ4n) is 3.73. The van der Waals surface area contributed by atoms with Gasteiger partial charge in [-0.25, -0.2) is 4.98 Å². The maximum absolute atomic E-state index is 4.78. The number of nitrogens with zero attached hydrogens (tertiary/aromatic N) is 3. The lowest BCUT2D eigenvalue weighted by atomic mass is 9.87. The second-order valence-electron chi connectivity index (χ2n) is 7.18. The number of hydrogen-bond donors (Lipinski definition) is 2. The third-order valence-corrected chi connectivity index (χ3v) is 6.04. The number of anilines is 1. The van der Waals surface area contributed by atoms with Crippen molar-refractivity contribution in [1.29, 1.82) is 0 Å². The van der Waals surface area contributed by atoms with Crippen LogP contribution in [0.2, 0.25) is 0 Å². The fourth-order valence-corrected chi connectivity index (χ4v) is 4.64. The van der Waals surface area contributed by atoms with Crippen LogP contribution in [0.25, 0.3) is 0 Å². The number of rotatable bonds is 5. The van der Waals surface area contributed by atoms with Crippen LogP contribution in [0.4, 0.5) is 5.13 Å². The molecule has 2 heterocycles. The van der Waals surface area contributed by atoms with E-state index in [4.69, 9.17) is 4.98 Å². The number of guanidine groups is 1. The van der Waals surface area contributed by atoms with Gasteiger partial charge in [0.15, 0.2) is 11.1 Å². The van der Waals surface area contributed by atoms with Crippen molar-refractivity contribution in [2.75, 3.05) is 31.6 Å². The molecule has 0 bridgehead atoms. The molecule has 1 aromatic heterocycles. The summed E-state index contributed by atoms with van der Waals surface area (Å²) >= 11 is 1.78. The second kappa shape index (κ2) is 8.70. The highest BCUT2D eigenvalue weighted by atomic mass is 32.1. The van der Waals surface area contributed by atoms with Gasteiger partial charge in [-0.1, -0.05) is 19.8 Å². The Bertz CT molecular complexity index is 535. The molecule has 1 aliphatic carbocycles. The van der Waals surface area contributed by atoms with Gasteiger partial charge in [0.2, 0.25) is 0 Å². The number of aromatic nitrogens is 1. The molecule has 1 aliphatic heterocycles. The van der Waals surface area contributed by atoms with Gasteiger partial charge in [-0.3, -0.25) is 4.99 Å². The van der Waals surface area contributed by atoms with Gasteiger partial charge >= 0.3 is 0 Å². The third-order valence-electron chi connectivity index (χ3n) is 5.09. The van der Waals surface area contributed by atoms with Crippen LogP contribution in [0.5, 0.6) is 0 Å². The Hall–Kier alpha value is -1.30. The van der Waals surface area contributed by atoms with Crippen LogP contribution in [0, 0.1) is 5.92 Å². The Balaban J connectivity index is 1.41. The van der Waals surface area contributed by atoms with E-state index in [0.717, 1.165) is 24.8 Å². The maximum atomic E-state index is 4.78. The lowest BCUT2D eigenvalue weighted by Gasteiger charge is -2.28. The summed E-state index contributed by atoms with van der Waals surface area (Å²) in [7, 11) is 1.86. The number of hydrogen-bond acceptors (Lipinski definition) is 4. The molecule has 0 radical (unpaired) electrons. The molecule has 5 nitrogen and oxygen atoms in total. The molecule has 1 saturated carbocycles. The van der Waals surface area contributed by atoms with Gasteiger partial charge < -0.3 is 15.5 Å². The third kappa shape index (κ3) is 4.85. The van der Waals surface area contributed by atoms with Crippen molar-refractivity contribution in [3.63, 3.8) is 0 Å². The van der Waals surface area contributed by atoms with Gasteiger partial charge in [0.25, 0.3) is 0 Å². The normalized spacial score (nSPS) is 25.1. The zero-order chi connectivity index (χ0) is 16.8. The van der Waals surface area contributed by atoms with Crippen molar-refractivity contribution >= 4 is 22.4 Å². The van der Waals surface area contributed by atoms with Gasteiger partial charge in [0.05, 0.1) is 5.69 Å². The van der Waals surface area contributed by atoms with E-state index in [9.17, 15) is 0 Å². The molecule has 0 aromatic carbocycles. The van der Waals surface area contributed by atoms with E-state index < -0.39 is 0 Å². The van der Waals surface area contributed by atoms with Crippen molar-refractivity contribution in [3.8, 4) is 0 Å². The van der Waals surface area contributed by atoms with Crippen molar-refractivity contribution in [1.82, 2.24) is 15.6 Å². The van der Waals surface area contributed by atoms with Gasteiger partial charge in [0, 0.05) is 44.5 Å². The Labute approximate surface area is 150 Å². The summed E-state index contributed by atoms with van der Waals surface area (Å²) in [5, 5.41) is 10.4. The number of aliphatic imine (C=N–C) groups is 1. The van der Waals surface area contributed by atoms with Crippen molar-refractivity contribution in [2.45, 2.75) is 57.9 Å². The summed E-state index contributed by atoms with van der Waals surface area (Å²) in [6, 6.07) is 0.570. The predicted molar refractivity (Wildman–Crippen MR) is 103 cm³/mol. The molecule has 1 saturated heterocycles. The minimum absolute atomic E-state index is 0.570. The summed E-state index contributed by atoms with van der Waals surface area (Å²) in [5.74, 6) is 1.76. The Kier molecular flexibility index (Phi) is 6.35. The second-order valence-corrected chi connectivity index (χ2v) is 8.01. The van der Waals surface area contributed by atoms with Crippen LogP contribution in [0.3, 0.4) is 0 Å². The summed E-state index contributed by atoms with van der Waals surface area (Å²) in [6.07, 6.45) is 8.77. The molecule has 2 atom stereocenters. The van der Waals surface area contributed by atoms with Crippen molar-refractivity contribution in [3.05, 3.63) is 11.1 Å². The number of nitrogens with one attached hydrogen (secondary N) is 2. The largest absolute Gasteiger partial charge is 0.356 e. The van der Waals surface area contributed by atoms with Gasteiger partial charge in [-0.15, -0.1) is 11.3 Å². The molecule has 134 valence electrons. The van der Waals surface area contributed by atoms with E-state index in [1.54, 1.807) is 11.3 Å². The molecular weight excluding hydrogens is 318 g/mol. The first-order valence-corrected chi connectivity index (χ1v) is 10.3. The van der Waals surface area contributed by atoms with Crippen LogP contribution < -0.4 is 15.5 Å². The molecule has 2 unspecified atom stereocenters. The summed E-state index contributed by atoms with van der Waals surface area (Å²) in [5.41, 5.74) is 1.19. The lowest BCUT2D eigenvalue weighted by Crippen LogP contribution is -2.45.